The molecule has 2 aliphatic heterocycles. The highest BCUT2D eigenvalue weighted by molar-refractivity contribution is 8.27. The minimum Gasteiger partial charge on any atom is -0.457 e. The fourth-order valence-corrected chi connectivity index (χ4v) is 4.92. The number of furan rings is 1. The predicted molar refractivity (Wildman–Crippen MR) is 116 cm³/mol. The van der Waals surface area contributed by atoms with Crippen molar-refractivity contribution in [1.82, 2.24) is 5.01 Å². The summed E-state index contributed by atoms with van der Waals surface area (Å²) in [4.78, 5) is 16.7. The Balaban J connectivity index is 1.40. The molecule has 30 heavy (non-hydrogen) atoms. The highest BCUT2D eigenvalue weighted by atomic mass is 32.2. The number of benzene rings is 1. The number of carbonyl (C=O) groups is 1. The highest BCUT2D eigenvalue weighted by Gasteiger charge is 2.38. The Morgan fingerprint density at radius 3 is 2.67 bits per heavy atom. The number of carbonyl (C=O) groups excluding carboxylic acids is 1. The van der Waals surface area contributed by atoms with Crippen molar-refractivity contribution in [2.24, 2.45) is 16.0 Å². The van der Waals surface area contributed by atoms with Crippen LogP contribution >= 0.6 is 11.8 Å². The van der Waals surface area contributed by atoms with Crippen LogP contribution in [0.4, 0.5) is 4.39 Å². The van der Waals surface area contributed by atoms with E-state index in [1.165, 1.54) is 54.2 Å². The molecule has 0 atom stereocenters. The average molecular weight is 422 g/mol. The van der Waals surface area contributed by atoms with Crippen molar-refractivity contribution in [3.8, 4) is 11.3 Å². The van der Waals surface area contributed by atoms with Crippen LogP contribution in [0.15, 0.2) is 56.5 Å². The molecule has 152 valence electrons. The molecule has 8 heteroatoms. The standard InChI is InChI=1S/C22H19FN4O2S/c23-15-8-6-13(7-9-15)18-11-10-16(29-18)12-17-19(24)27-22(25-20(17)28)30-21(26-27)14-4-2-1-3-5-14/h6-12,14,24H,1-5H2. The highest BCUT2D eigenvalue weighted by Crippen LogP contribution is 2.36. The Morgan fingerprint density at radius 2 is 1.90 bits per heavy atom. The summed E-state index contributed by atoms with van der Waals surface area (Å²) in [5, 5.41) is 16.0. The summed E-state index contributed by atoms with van der Waals surface area (Å²) in [5.41, 5.74) is 0.858. The van der Waals surface area contributed by atoms with Crippen LogP contribution in [0.2, 0.25) is 0 Å². The molecule has 0 bridgehead atoms. The number of hydrazone groups is 1. The Labute approximate surface area is 177 Å². The lowest BCUT2D eigenvalue weighted by Crippen LogP contribution is -2.35. The third kappa shape index (κ3) is 3.52. The molecule has 3 aliphatic rings. The summed E-state index contributed by atoms with van der Waals surface area (Å²) in [6, 6.07) is 9.42. The van der Waals surface area contributed by atoms with Gasteiger partial charge in [-0.3, -0.25) is 10.2 Å². The van der Waals surface area contributed by atoms with Gasteiger partial charge in [0.15, 0.2) is 5.84 Å². The number of amidine groups is 2. The van der Waals surface area contributed by atoms with Gasteiger partial charge in [0.25, 0.3) is 5.91 Å². The molecule has 5 rings (SSSR count). The summed E-state index contributed by atoms with van der Waals surface area (Å²) in [5.74, 6) is 0.566. The van der Waals surface area contributed by atoms with Gasteiger partial charge < -0.3 is 4.42 Å². The number of nitrogens with zero attached hydrogens (tertiary/aromatic N) is 3. The molecule has 1 fully saturated rings. The van der Waals surface area contributed by atoms with Gasteiger partial charge in [-0.05, 0) is 67.1 Å². The van der Waals surface area contributed by atoms with Gasteiger partial charge in [-0.2, -0.15) is 15.1 Å². The molecule has 0 unspecified atom stereocenters. The van der Waals surface area contributed by atoms with E-state index in [9.17, 15) is 9.18 Å². The second-order valence-corrected chi connectivity index (χ2v) is 8.49. The lowest BCUT2D eigenvalue weighted by molar-refractivity contribution is -0.114. The third-order valence-electron chi connectivity index (χ3n) is 5.47. The van der Waals surface area contributed by atoms with Crippen molar-refractivity contribution in [2.45, 2.75) is 32.1 Å². The molecular weight excluding hydrogens is 403 g/mol. The summed E-state index contributed by atoms with van der Waals surface area (Å²) in [7, 11) is 0. The van der Waals surface area contributed by atoms with Gasteiger partial charge in [-0.1, -0.05) is 19.3 Å². The van der Waals surface area contributed by atoms with E-state index in [-0.39, 0.29) is 17.2 Å². The fraction of sp³-hybridized carbons (Fsp3) is 0.273. The molecule has 0 radical (unpaired) electrons. The second-order valence-electron chi connectivity index (χ2n) is 7.50. The number of hydrogen-bond acceptors (Lipinski definition) is 5. The molecule has 1 N–H and O–H groups in total. The molecule has 6 nitrogen and oxygen atoms in total. The van der Waals surface area contributed by atoms with Crippen LogP contribution in [0, 0.1) is 17.1 Å². The molecular formula is C22H19FN4O2S. The van der Waals surface area contributed by atoms with Gasteiger partial charge in [0.2, 0.25) is 5.17 Å². The molecule has 1 saturated carbocycles. The maximum atomic E-state index is 13.1. The SMILES string of the molecule is N=C1C(=Cc2ccc(-c3ccc(F)cc3)o2)C(=O)N=C2SC(C3CCCCC3)=NN12. The first-order valence-corrected chi connectivity index (χ1v) is 10.8. The van der Waals surface area contributed by atoms with Crippen molar-refractivity contribution in [2.75, 3.05) is 0 Å². The summed E-state index contributed by atoms with van der Waals surface area (Å²) >= 11 is 1.40. The smallest absolute Gasteiger partial charge is 0.283 e. The molecule has 0 saturated heterocycles. The van der Waals surface area contributed by atoms with E-state index >= 15 is 0 Å². The number of aliphatic imine (C=N–C) groups is 1. The van der Waals surface area contributed by atoms with Crippen LogP contribution in [0.3, 0.4) is 0 Å². The van der Waals surface area contributed by atoms with Crippen LogP contribution in [-0.2, 0) is 4.79 Å². The van der Waals surface area contributed by atoms with E-state index in [1.54, 1.807) is 24.3 Å². The Morgan fingerprint density at radius 1 is 1.13 bits per heavy atom. The van der Waals surface area contributed by atoms with Crippen LogP contribution in [0.1, 0.15) is 37.9 Å². The Bertz CT molecular complexity index is 1110. The summed E-state index contributed by atoms with van der Waals surface area (Å²) in [6.45, 7) is 0. The molecule has 1 amide bonds. The van der Waals surface area contributed by atoms with E-state index in [0.717, 1.165) is 23.4 Å². The first-order valence-electron chi connectivity index (χ1n) is 9.94. The van der Waals surface area contributed by atoms with Gasteiger partial charge in [-0.15, -0.1) is 0 Å². The quantitative estimate of drug-likeness (QED) is 0.682. The molecule has 2 aromatic rings. The molecule has 1 aromatic carbocycles. The van der Waals surface area contributed by atoms with Gasteiger partial charge in [0, 0.05) is 11.5 Å². The second kappa shape index (κ2) is 7.68. The maximum Gasteiger partial charge on any atom is 0.283 e. The molecule has 1 aromatic heterocycles. The van der Waals surface area contributed by atoms with Crippen LogP contribution < -0.4 is 0 Å². The van der Waals surface area contributed by atoms with Crippen molar-refractivity contribution < 1.29 is 13.6 Å². The van der Waals surface area contributed by atoms with Crippen LogP contribution in [-0.4, -0.2) is 27.0 Å². The Kier molecular flexibility index (Phi) is 4.86. The largest absolute Gasteiger partial charge is 0.457 e. The molecule has 1 aliphatic carbocycles. The third-order valence-corrected chi connectivity index (χ3v) is 6.54. The van der Waals surface area contributed by atoms with E-state index in [4.69, 9.17) is 9.83 Å². The number of halogens is 1. The van der Waals surface area contributed by atoms with E-state index in [0.29, 0.717) is 22.6 Å². The topological polar surface area (TPSA) is 82.0 Å². The molecule has 3 heterocycles. The van der Waals surface area contributed by atoms with Gasteiger partial charge >= 0.3 is 0 Å². The monoisotopic (exact) mass is 422 g/mol. The summed E-state index contributed by atoms with van der Waals surface area (Å²) < 4.78 is 18.9. The average Bonchev–Trinajstić information content (AvgIpc) is 3.40. The first-order chi connectivity index (χ1) is 14.6. The minimum absolute atomic E-state index is 0.00282. The number of rotatable bonds is 3. The lowest BCUT2D eigenvalue weighted by Gasteiger charge is -2.20. The number of amides is 1. The van der Waals surface area contributed by atoms with E-state index < -0.39 is 5.91 Å². The van der Waals surface area contributed by atoms with Crippen molar-refractivity contribution in [1.29, 1.82) is 5.41 Å². The van der Waals surface area contributed by atoms with Crippen LogP contribution in [0.5, 0.6) is 0 Å². The number of nitrogens with one attached hydrogen (secondary N) is 1. The number of fused-ring (bicyclic) bond motifs is 1. The Hall–Kier alpha value is -3.00. The zero-order chi connectivity index (χ0) is 20.7. The van der Waals surface area contributed by atoms with E-state index in [2.05, 4.69) is 10.1 Å². The van der Waals surface area contributed by atoms with Crippen LogP contribution in [0.25, 0.3) is 17.4 Å². The minimum atomic E-state index is -0.474. The zero-order valence-corrected chi connectivity index (χ0v) is 16.9. The fourth-order valence-electron chi connectivity index (χ4n) is 3.86. The predicted octanol–water partition coefficient (Wildman–Crippen LogP) is 5.29. The first kappa shape index (κ1) is 19.0. The van der Waals surface area contributed by atoms with Gasteiger partial charge in [0.05, 0.1) is 5.57 Å². The number of hydrogen-bond donors (Lipinski definition) is 1. The van der Waals surface area contributed by atoms with E-state index in [1.807, 2.05) is 0 Å². The van der Waals surface area contributed by atoms with Crippen molar-refractivity contribution >= 4 is 39.8 Å². The zero-order valence-electron chi connectivity index (χ0n) is 16.1. The van der Waals surface area contributed by atoms with Gasteiger partial charge in [-0.25, -0.2) is 4.39 Å². The van der Waals surface area contributed by atoms with Crippen molar-refractivity contribution in [3.05, 3.63) is 53.5 Å². The van der Waals surface area contributed by atoms with Gasteiger partial charge in [0.1, 0.15) is 22.4 Å². The van der Waals surface area contributed by atoms with Crippen molar-refractivity contribution in [3.63, 3.8) is 0 Å². The lowest BCUT2D eigenvalue weighted by atomic mass is 9.90. The molecule has 0 spiro atoms. The summed E-state index contributed by atoms with van der Waals surface area (Å²) in [6.07, 6.45) is 7.32. The normalized spacial score (nSPS) is 21.1. The maximum absolute atomic E-state index is 13.1. The number of thioether (sulfide) groups is 1.